The quantitative estimate of drug-likeness (QED) is 0.604. The summed E-state index contributed by atoms with van der Waals surface area (Å²) in [6.07, 6.45) is 1.25. The Hall–Kier alpha value is -3.46. The van der Waals surface area contributed by atoms with Gasteiger partial charge in [0.1, 0.15) is 24.0 Å². The summed E-state index contributed by atoms with van der Waals surface area (Å²) >= 11 is 5.68. The molecule has 1 aliphatic rings. The minimum Gasteiger partial charge on any atom is -0.487 e. The molecule has 1 amide bonds. The Morgan fingerprint density at radius 3 is 2.73 bits per heavy atom. The lowest BCUT2D eigenvalue weighted by Crippen LogP contribution is -2.54. The third-order valence-corrected chi connectivity index (χ3v) is 4.78. The van der Waals surface area contributed by atoms with Gasteiger partial charge in [0.15, 0.2) is 0 Å². The highest BCUT2D eigenvalue weighted by atomic mass is 35.5. The first-order valence-electron chi connectivity index (χ1n) is 9.15. The van der Waals surface area contributed by atoms with Gasteiger partial charge in [-0.25, -0.2) is 9.37 Å². The van der Waals surface area contributed by atoms with Crippen LogP contribution in [0.15, 0.2) is 54.9 Å². The highest BCUT2D eigenvalue weighted by Crippen LogP contribution is 2.25. The van der Waals surface area contributed by atoms with Crippen molar-refractivity contribution in [2.75, 3.05) is 30.5 Å². The monoisotopic (exact) mass is 428 g/mol. The number of carbonyl (C=O) groups is 1. The Balaban J connectivity index is 1.34. The molecule has 0 saturated carbocycles. The van der Waals surface area contributed by atoms with Crippen LogP contribution in [-0.4, -0.2) is 52.1 Å². The van der Waals surface area contributed by atoms with Gasteiger partial charge in [0.25, 0.3) is 5.91 Å². The van der Waals surface area contributed by atoms with Crippen LogP contribution in [0.25, 0.3) is 0 Å². The largest absolute Gasteiger partial charge is 0.487 e. The zero-order valence-electron chi connectivity index (χ0n) is 16.0. The van der Waals surface area contributed by atoms with E-state index in [1.165, 1.54) is 23.5 Å². The van der Waals surface area contributed by atoms with Gasteiger partial charge in [-0.2, -0.15) is 9.97 Å². The number of nitrogens with one attached hydrogen (secondary N) is 1. The number of benzene rings is 2. The van der Waals surface area contributed by atoms with E-state index in [9.17, 15) is 9.18 Å². The van der Waals surface area contributed by atoms with Gasteiger partial charge in [0.05, 0.1) is 18.1 Å². The average molecular weight is 429 g/mol. The molecule has 1 N–H and O–H groups in total. The van der Waals surface area contributed by atoms with Crippen molar-refractivity contribution in [2.24, 2.45) is 0 Å². The van der Waals surface area contributed by atoms with Crippen molar-refractivity contribution >= 4 is 29.4 Å². The summed E-state index contributed by atoms with van der Waals surface area (Å²) < 4.78 is 19.3. The van der Waals surface area contributed by atoms with E-state index in [0.29, 0.717) is 30.4 Å². The number of ether oxygens (including phenoxy) is 1. The fourth-order valence-corrected chi connectivity index (χ4v) is 3.01. The van der Waals surface area contributed by atoms with Crippen LogP contribution in [-0.2, 0) is 0 Å². The molecule has 0 atom stereocenters. The number of aromatic nitrogens is 3. The Morgan fingerprint density at radius 2 is 2.00 bits per heavy atom. The first-order valence-corrected chi connectivity index (χ1v) is 9.53. The summed E-state index contributed by atoms with van der Waals surface area (Å²) in [5.41, 5.74) is 3.40. The number of amides is 1. The molecular formula is C20H18ClFN6O2. The Kier molecular flexibility index (Phi) is 5.62. The van der Waals surface area contributed by atoms with Crippen LogP contribution in [0.3, 0.4) is 0 Å². The first kappa shape index (κ1) is 19.8. The molecule has 1 aromatic heterocycles. The number of hydrogen-bond acceptors (Lipinski definition) is 7. The van der Waals surface area contributed by atoms with Crippen molar-refractivity contribution in [3.05, 3.63) is 71.3 Å². The number of rotatable bonds is 6. The van der Waals surface area contributed by atoms with Crippen molar-refractivity contribution in [2.45, 2.75) is 6.10 Å². The number of halogens is 2. The molecule has 4 rings (SSSR count). The van der Waals surface area contributed by atoms with E-state index < -0.39 is 5.82 Å². The maximum absolute atomic E-state index is 13.5. The fourth-order valence-electron chi connectivity index (χ4n) is 2.89. The second-order valence-corrected chi connectivity index (χ2v) is 7.08. The predicted octanol–water partition coefficient (Wildman–Crippen LogP) is 3.03. The SMILES string of the molecule is CN(Nc1ncnc(N2CC(Oc3ccc(Cl)c(F)c3)C2)n1)C(=O)c1ccccc1. The molecule has 0 radical (unpaired) electrons. The van der Waals surface area contributed by atoms with Gasteiger partial charge in [-0.3, -0.25) is 15.2 Å². The molecule has 1 aliphatic heterocycles. The van der Waals surface area contributed by atoms with Gasteiger partial charge in [0.2, 0.25) is 11.9 Å². The number of carbonyl (C=O) groups excluding carboxylic acids is 1. The van der Waals surface area contributed by atoms with Crippen LogP contribution >= 0.6 is 11.6 Å². The first-order chi connectivity index (χ1) is 14.5. The third-order valence-electron chi connectivity index (χ3n) is 4.48. The zero-order chi connectivity index (χ0) is 21.1. The lowest BCUT2D eigenvalue weighted by Gasteiger charge is -2.38. The van der Waals surface area contributed by atoms with Crippen LogP contribution in [0.5, 0.6) is 5.75 Å². The van der Waals surface area contributed by atoms with Gasteiger partial charge in [0, 0.05) is 18.7 Å². The van der Waals surface area contributed by atoms with Crippen LogP contribution in [0.2, 0.25) is 5.02 Å². The van der Waals surface area contributed by atoms with E-state index in [0.717, 1.165) is 0 Å². The van der Waals surface area contributed by atoms with Crippen LogP contribution in [0.1, 0.15) is 10.4 Å². The number of hydrogen-bond donors (Lipinski definition) is 1. The second kappa shape index (κ2) is 8.50. The van der Waals surface area contributed by atoms with Crippen molar-refractivity contribution < 1.29 is 13.9 Å². The van der Waals surface area contributed by atoms with Crippen molar-refractivity contribution in [1.29, 1.82) is 0 Å². The molecule has 2 heterocycles. The number of anilines is 2. The smallest absolute Gasteiger partial charge is 0.272 e. The Morgan fingerprint density at radius 1 is 1.23 bits per heavy atom. The van der Waals surface area contributed by atoms with Crippen molar-refractivity contribution in [3.63, 3.8) is 0 Å². The molecule has 2 aromatic carbocycles. The molecule has 8 nitrogen and oxygen atoms in total. The lowest BCUT2D eigenvalue weighted by molar-refractivity contribution is 0.0825. The van der Waals surface area contributed by atoms with E-state index in [-0.39, 0.29) is 23.0 Å². The summed E-state index contributed by atoms with van der Waals surface area (Å²) in [7, 11) is 1.59. The van der Waals surface area contributed by atoms with E-state index in [4.69, 9.17) is 16.3 Å². The summed E-state index contributed by atoms with van der Waals surface area (Å²) in [5, 5.41) is 1.37. The minimum atomic E-state index is -0.521. The van der Waals surface area contributed by atoms with E-state index in [1.54, 1.807) is 37.4 Å². The predicted molar refractivity (Wildman–Crippen MR) is 110 cm³/mol. The number of nitrogens with zero attached hydrogens (tertiary/aromatic N) is 5. The van der Waals surface area contributed by atoms with Gasteiger partial charge in [-0.1, -0.05) is 29.8 Å². The van der Waals surface area contributed by atoms with Gasteiger partial charge in [-0.05, 0) is 24.3 Å². The molecule has 154 valence electrons. The zero-order valence-corrected chi connectivity index (χ0v) is 16.8. The fraction of sp³-hybridized carbons (Fsp3) is 0.200. The minimum absolute atomic E-state index is 0.0542. The number of hydrazine groups is 1. The van der Waals surface area contributed by atoms with E-state index >= 15 is 0 Å². The molecular weight excluding hydrogens is 411 g/mol. The summed E-state index contributed by atoms with van der Waals surface area (Å²) in [6.45, 7) is 1.07. The third kappa shape index (κ3) is 4.41. The second-order valence-electron chi connectivity index (χ2n) is 6.67. The molecule has 3 aromatic rings. The topological polar surface area (TPSA) is 83.5 Å². The molecule has 1 fully saturated rings. The molecule has 10 heteroatoms. The maximum Gasteiger partial charge on any atom is 0.272 e. The van der Waals surface area contributed by atoms with E-state index in [1.807, 2.05) is 11.0 Å². The molecule has 0 spiro atoms. The Bertz CT molecular complexity index is 1050. The van der Waals surface area contributed by atoms with Crippen molar-refractivity contribution in [3.8, 4) is 5.75 Å². The molecule has 0 aliphatic carbocycles. The molecule has 0 bridgehead atoms. The average Bonchev–Trinajstić information content (AvgIpc) is 2.73. The normalized spacial score (nSPS) is 13.5. The standard InChI is InChI=1S/C20H18ClFN6O2/c1-27(18(29)13-5-3-2-4-6-13)26-19-23-12-24-20(25-19)28-10-15(11-28)30-14-7-8-16(21)17(22)9-14/h2-9,12,15H,10-11H2,1H3,(H,23,24,25,26). The molecule has 0 unspecified atom stereocenters. The Labute approximate surface area is 177 Å². The van der Waals surface area contributed by atoms with Crippen LogP contribution < -0.4 is 15.1 Å². The summed E-state index contributed by atoms with van der Waals surface area (Å²) in [5.74, 6) is 0.379. The maximum atomic E-state index is 13.5. The van der Waals surface area contributed by atoms with Gasteiger partial charge < -0.3 is 9.64 Å². The highest BCUT2D eigenvalue weighted by Gasteiger charge is 2.31. The van der Waals surface area contributed by atoms with Crippen molar-refractivity contribution in [1.82, 2.24) is 20.0 Å². The lowest BCUT2D eigenvalue weighted by atomic mass is 10.2. The highest BCUT2D eigenvalue weighted by molar-refractivity contribution is 6.30. The van der Waals surface area contributed by atoms with Gasteiger partial charge in [-0.15, -0.1) is 0 Å². The van der Waals surface area contributed by atoms with E-state index in [2.05, 4.69) is 20.4 Å². The molecule has 30 heavy (non-hydrogen) atoms. The molecule has 1 saturated heterocycles. The van der Waals surface area contributed by atoms with Gasteiger partial charge >= 0.3 is 0 Å². The van der Waals surface area contributed by atoms with Crippen LogP contribution in [0.4, 0.5) is 16.3 Å². The van der Waals surface area contributed by atoms with Crippen LogP contribution in [0, 0.1) is 5.82 Å². The summed E-state index contributed by atoms with van der Waals surface area (Å²) in [4.78, 5) is 26.9. The summed E-state index contributed by atoms with van der Waals surface area (Å²) in [6, 6.07) is 13.2.